The number of hydrogen-bond acceptors (Lipinski definition) is 6. The molecule has 0 atom stereocenters. The Balaban J connectivity index is 1.54. The van der Waals surface area contributed by atoms with Gasteiger partial charge in [0.15, 0.2) is 18.1 Å². The van der Waals surface area contributed by atoms with Crippen LogP contribution in [0.3, 0.4) is 0 Å². The van der Waals surface area contributed by atoms with E-state index in [2.05, 4.69) is 31.3 Å². The lowest BCUT2D eigenvalue weighted by Gasteiger charge is -2.19. The largest absolute Gasteiger partial charge is 0.493 e. The summed E-state index contributed by atoms with van der Waals surface area (Å²) >= 11 is 0. The lowest BCUT2D eigenvalue weighted by Crippen LogP contribution is -2.24. The molecule has 0 aliphatic heterocycles. The average molecular weight is 479 g/mol. The second kappa shape index (κ2) is 11.3. The highest BCUT2D eigenvalue weighted by Crippen LogP contribution is 2.28. The van der Waals surface area contributed by atoms with Crippen molar-refractivity contribution in [2.24, 2.45) is 5.10 Å². The number of ether oxygens (including phenoxy) is 3. The number of nitrogens with zero attached hydrogens (tertiary/aromatic N) is 1. The second-order valence-corrected chi connectivity index (χ2v) is 8.67. The van der Waals surface area contributed by atoms with Crippen LogP contribution >= 0.6 is 0 Å². The monoisotopic (exact) mass is 478 g/mol. The number of benzene rings is 3. The topological polar surface area (TPSA) is 86.2 Å². The summed E-state index contributed by atoms with van der Waals surface area (Å²) in [5.74, 6) is -0.659. The predicted molar refractivity (Wildman–Crippen MR) is 131 cm³/mol. The van der Waals surface area contributed by atoms with Crippen molar-refractivity contribution in [3.05, 3.63) is 89.2 Å². The summed E-state index contributed by atoms with van der Waals surface area (Å²) < 4.78 is 29.4. The van der Waals surface area contributed by atoms with Gasteiger partial charge in [-0.05, 0) is 65.1 Å². The molecule has 35 heavy (non-hydrogen) atoms. The van der Waals surface area contributed by atoms with Gasteiger partial charge in [0, 0.05) is 0 Å². The van der Waals surface area contributed by atoms with E-state index in [4.69, 9.17) is 14.2 Å². The van der Waals surface area contributed by atoms with Gasteiger partial charge in [-0.15, -0.1) is 0 Å². The van der Waals surface area contributed by atoms with E-state index in [0.29, 0.717) is 11.3 Å². The molecule has 182 valence electrons. The third kappa shape index (κ3) is 7.40. The maximum Gasteiger partial charge on any atom is 0.343 e. The molecule has 3 aromatic carbocycles. The molecule has 1 N–H and O–H groups in total. The maximum absolute atomic E-state index is 13.3. The first kappa shape index (κ1) is 25.4. The van der Waals surface area contributed by atoms with E-state index >= 15 is 0 Å². The van der Waals surface area contributed by atoms with Crippen LogP contribution in [-0.4, -0.2) is 31.8 Å². The first-order valence-corrected chi connectivity index (χ1v) is 10.9. The highest BCUT2D eigenvalue weighted by Gasteiger charge is 2.14. The zero-order chi connectivity index (χ0) is 25.4. The molecule has 8 heteroatoms. The van der Waals surface area contributed by atoms with Gasteiger partial charge in [-0.2, -0.15) is 5.10 Å². The number of amides is 1. The Labute approximate surface area is 203 Å². The third-order valence-corrected chi connectivity index (χ3v) is 4.94. The van der Waals surface area contributed by atoms with Gasteiger partial charge in [0.25, 0.3) is 5.91 Å². The predicted octanol–water partition coefficient (Wildman–Crippen LogP) is 4.88. The van der Waals surface area contributed by atoms with Crippen LogP contribution in [0.4, 0.5) is 4.39 Å². The summed E-state index contributed by atoms with van der Waals surface area (Å²) in [6.45, 7) is 6.18. The molecule has 0 aliphatic carbocycles. The van der Waals surface area contributed by atoms with Gasteiger partial charge in [-0.3, -0.25) is 4.79 Å². The van der Waals surface area contributed by atoms with Crippen LogP contribution in [0.5, 0.6) is 17.2 Å². The molecule has 0 heterocycles. The summed E-state index contributed by atoms with van der Waals surface area (Å²) in [6, 6.07) is 17.5. The SMILES string of the molecule is COc1cc(/C=N\NC(=O)COc2ccc(C(C)(C)C)cc2)ccc1OC(=O)c1cccc(F)c1. The summed E-state index contributed by atoms with van der Waals surface area (Å²) in [6.07, 6.45) is 1.41. The Morgan fingerprint density at radius 2 is 1.74 bits per heavy atom. The average Bonchev–Trinajstić information content (AvgIpc) is 2.83. The molecule has 0 bridgehead atoms. The molecule has 1 amide bonds. The van der Waals surface area contributed by atoms with E-state index in [-0.39, 0.29) is 29.1 Å². The van der Waals surface area contributed by atoms with Crippen LogP contribution in [0, 0.1) is 5.82 Å². The van der Waals surface area contributed by atoms with E-state index in [1.54, 1.807) is 12.1 Å². The van der Waals surface area contributed by atoms with Crippen molar-refractivity contribution in [2.45, 2.75) is 26.2 Å². The van der Waals surface area contributed by atoms with Crippen LogP contribution in [-0.2, 0) is 10.2 Å². The molecule has 0 spiro atoms. The number of carbonyl (C=O) groups excluding carboxylic acids is 2. The number of nitrogens with one attached hydrogen (secondary N) is 1. The van der Waals surface area contributed by atoms with Crippen molar-refractivity contribution >= 4 is 18.1 Å². The molecule has 7 nitrogen and oxygen atoms in total. The fourth-order valence-corrected chi connectivity index (χ4v) is 3.03. The Hall–Kier alpha value is -4.20. The fraction of sp³-hybridized carbons (Fsp3) is 0.222. The van der Waals surface area contributed by atoms with Crippen molar-refractivity contribution in [3.63, 3.8) is 0 Å². The zero-order valence-corrected chi connectivity index (χ0v) is 20.0. The number of halogens is 1. The fourth-order valence-electron chi connectivity index (χ4n) is 3.03. The van der Waals surface area contributed by atoms with Gasteiger partial charge < -0.3 is 14.2 Å². The van der Waals surface area contributed by atoms with Crippen molar-refractivity contribution in [3.8, 4) is 17.2 Å². The normalized spacial score (nSPS) is 11.2. The quantitative estimate of drug-likeness (QED) is 0.216. The lowest BCUT2D eigenvalue weighted by atomic mass is 9.87. The molecule has 0 radical (unpaired) electrons. The summed E-state index contributed by atoms with van der Waals surface area (Å²) in [4.78, 5) is 24.3. The molecule has 3 aromatic rings. The van der Waals surface area contributed by atoms with Gasteiger partial charge in [0.1, 0.15) is 11.6 Å². The summed E-state index contributed by atoms with van der Waals surface area (Å²) in [7, 11) is 1.42. The number of carbonyl (C=O) groups is 2. The standard InChI is InChI=1S/C27H27FN2O5/c1-27(2,3)20-9-11-22(12-10-20)34-17-25(31)30-29-16-18-8-13-23(24(14-18)33-4)35-26(32)19-6-5-7-21(28)15-19/h5-16H,17H2,1-4H3,(H,30,31)/b29-16-. The van der Waals surface area contributed by atoms with E-state index < -0.39 is 17.7 Å². The Morgan fingerprint density at radius 3 is 2.40 bits per heavy atom. The van der Waals surface area contributed by atoms with Crippen molar-refractivity contribution in [2.75, 3.05) is 13.7 Å². The van der Waals surface area contributed by atoms with Gasteiger partial charge in [0.05, 0.1) is 18.9 Å². The van der Waals surface area contributed by atoms with E-state index in [9.17, 15) is 14.0 Å². The summed E-state index contributed by atoms with van der Waals surface area (Å²) in [5, 5.41) is 3.91. The highest BCUT2D eigenvalue weighted by molar-refractivity contribution is 5.91. The molecule has 3 rings (SSSR count). The Kier molecular flexibility index (Phi) is 8.20. The van der Waals surface area contributed by atoms with Crippen LogP contribution in [0.25, 0.3) is 0 Å². The highest BCUT2D eigenvalue weighted by atomic mass is 19.1. The molecule has 0 aromatic heterocycles. The number of hydrogen-bond donors (Lipinski definition) is 1. The first-order chi connectivity index (χ1) is 16.7. The third-order valence-electron chi connectivity index (χ3n) is 4.94. The second-order valence-electron chi connectivity index (χ2n) is 8.67. The number of rotatable bonds is 8. The zero-order valence-electron chi connectivity index (χ0n) is 20.0. The molecule has 0 saturated heterocycles. The molecular formula is C27H27FN2O5. The minimum absolute atomic E-state index is 0.0362. The van der Waals surface area contributed by atoms with E-state index in [1.165, 1.54) is 43.2 Å². The number of methoxy groups -OCH3 is 1. The Bertz CT molecular complexity index is 1220. The minimum atomic E-state index is -0.718. The summed E-state index contributed by atoms with van der Waals surface area (Å²) in [5.41, 5.74) is 4.26. The van der Waals surface area contributed by atoms with Gasteiger partial charge in [-0.25, -0.2) is 14.6 Å². The minimum Gasteiger partial charge on any atom is -0.493 e. The van der Waals surface area contributed by atoms with Gasteiger partial charge in [-0.1, -0.05) is 39.0 Å². The van der Waals surface area contributed by atoms with Crippen LogP contribution in [0.15, 0.2) is 71.8 Å². The molecular weight excluding hydrogens is 451 g/mol. The van der Waals surface area contributed by atoms with E-state index in [1.807, 2.05) is 24.3 Å². The first-order valence-electron chi connectivity index (χ1n) is 10.9. The van der Waals surface area contributed by atoms with Crippen LogP contribution < -0.4 is 19.6 Å². The molecule has 0 fully saturated rings. The van der Waals surface area contributed by atoms with Crippen LogP contribution in [0.1, 0.15) is 42.3 Å². The number of hydrazone groups is 1. The Morgan fingerprint density at radius 1 is 1.00 bits per heavy atom. The van der Waals surface area contributed by atoms with Crippen molar-refractivity contribution in [1.29, 1.82) is 0 Å². The van der Waals surface area contributed by atoms with Gasteiger partial charge in [0.2, 0.25) is 0 Å². The number of esters is 1. The smallest absolute Gasteiger partial charge is 0.343 e. The maximum atomic E-state index is 13.3. The van der Waals surface area contributed by atoms with Crippen LogP contribution in [0.2, 0.25) is 0 Å². The lowest BCUT2D eigenvalue weighted by molar-refractivity contribution is -0.123. The molecule has 0 saturated carbocycles. The molecule has 0 unspecified atom stereocenters. The van der Waals surface area contributed by atoms with Gasteiger partial charge >= 0.3 is 5.97 Å². The van der Waals surface area contributed by atoms with Crippen molar-refractivity contribution in [1.82, 2.24) is 5.43 Å². The molecule has 0 aliphatic rings. The van der Waals surface area contributed by atoms with Crippen molar-refractivity contribution < 1.29 is 28.2 Å². The van der Waals surface area contributed by atoms with E-state index in [0.717, 1.165) is 6.07 Å².